The van der Waals surface area contributed by atoms with Gasteiger partial charge in [0, 0.05) is 18.4 Å². The van der Waals surface area contributed by atoms with Crippen LogP contribution in [0.2, 0.25) is 0 Å². The van der Waals surface area contributed by atoms with Crippen molar-refractivity contribution in [1.29, 1.82) is 0 Å². The lowest BCUT2D eigenvalue weighted by molar-refractivity contribution is -0.137. The second kappa shape index (κ2) is 9.25. The summed E-state index contributed by atoms with van der Waals surface area (Å²) in [6, 6.07) is 20.0. The molecule has 178 valence electrons. The molecule has 0 unspecified atom stereocenters. The fraction of sp³-hybridized carbons (Fsp3) is 0.192. The molecule has 5 rings (SSSR count). The van der Waals surface area contributed by atoms with Crippen molar-refractivity contribution < 1.29 is 22.7 Å². The summed E-state index contributed by atoms with van der Waals surface area (Å²) in [7, 11) is 0. The molecule has 1 aliphatic heterocycles. The standard InChI is InChI=1S/C26H21F3N4O2/c27-26(28,29)18-8-5-6-16(12-18)14-30-24-19-9-2-3-10-20(19)32-23(33-24)15-31-25(34)22-13-17-7-1-4-11-21(17)35-22/h1-12,22H,13-15H2,(H,31,34)(H,30,32,33)/t22-/m1/s1. The molecule has 0 bridgehead atoms. The maximum absolute atomic E-state index is 13.0. The summed E-state index contributed by atoms with van der Waals surface area (Å²) in [6.45, 7) is 0.225. The Balaban J connectivity index is 1.30. The third kappa shape index (κ3) is 5.03. The molecule has 0 fully saturated rings. The first kappa shape index (κ1) is 22.6. The minimum absolute atomic E-state index is 0.0815. The third-order valence-corrected chi connectivity index (χ3v) is 5.72. The van der Waals surface area contributed by atoms with Crippen molar-refractivity contribution in [3.63, 3.8) is 0 Å². The van der Waals surface area contributed by atoms with Gasteiger partial charge in [-0.1, -0.05) is 42.5 Å². The summed E-state index contributed by atoms with van der Waals surface area (Å²) in [4.78, 5) is 21.7. The van der Waals surface area contributed by atoms with E-state index in [0.717, 1.165) is 23.1 Å². The zero-order valence-electron chi connectivity index (χ0n) is 18.5. The number of ether oxygens (including phenoxy) is 1. The summed E-state index contributed by atoms with van der Waals surface area (Å²) in [6.07, 6.45) is -4.54. The van der Waals surface area contributed by atoms with Crippen molar-refractivity contribution in [2.75, 3.05) is 5.32 Å². The van der Waals surface area contributed by atoms with Gasteiger partial charge < -0.3 is 15.4 Å². The highest BCUT2D eigenvalue weighted by molar-refractivity contribution is 5.89. The Kier molecular flexibility index (Phi) is 5.98. The van der Waals surface area contributed by atoms with Crippen molar-refractivity contribution in [2.24, 2.45) is 0 Å². The van der Waals surface area contributed by atoms with E-state index in [0.29, 0.717) is 34.9 Å². The van der Waals surface area contributed by atoms with E-state index in [9.17, 15) is 18.0 Å². The number of benzene rings is 3. The van der Waals surface area contributed by atoms with Gasteiger partial charge >= 0.3 is 6.18 Å². The maximum atomic E-state index is 13.0. The van der Waals surface area contributed by atoms with E-state index >= 15 is 0 Å². The molecule has 1 aliphatic rings. The number of amides is 1. The topological polar surface area (TPSA) is 76.1 Å². The van der Waals surface area contributed by atoms with Crippen LogP contribution in [0.3, 0.4) is 0 Å². The molecule has 3 aromatic carbocycles. The number of nitrogens with zero attached hydrogens (tertiary/aromatic N) is 2. The Hall–Kier alpha value is -4.14. The number of aromatic nitrogens is 2. The van der Waals surface area contributed by atoms with Crippen LogP contribution in [0.25, 0.3) is 10.9 Å². The van der Waals surface area contributed by atoms with E-state index in [1.165, 1.54) is 6.07 Å². The number of hydrogen-bond acceptors (Lipinski definition) is 5. The molecule has 0 radical (unpaired) electrons. The summed E-state index contributed by atoms with van der Waals surface area (Å²) in [5.41, 5.74) is 1.40. The lowest BCUT2D eigenvalue weighted by Gasteiger charge is -2.14. The van der Waals surface area contributed by atoms with Gasteiger partial charge in [-0.25, -0.2) is 9.97 Å². The Bertz CT molecular complexity index is 1370. The summed E-state index contributed by atoms with van der Waals surface area (Å²) in [5, 5.41) is 6.67. The molecule has 1 amide bonds. The first-order valence-electron chi connectivity index (χ1n) is 11.0. The van der Waals surface area contributed by atoms with Crippen LogP contribution in [0, 0.1) is 0 Å². The van der Waals surface area contributed by atoms with Crippen molar-refractivity contribution in [1.82, 2.24) is 15.3 Å². The van der Waals surface area contributed by atoms with E-state index < -0.39 is 17.8 Å². The first-order valence-corrected chi connectivity index (χ1v) is 11.0. The van der Waals surface area contributed by atoms with Crippen molar-refractivity contribution >= 4 is 22.6 Å². The predicted octanol–water partition coefficient (Wildman–Crippen LogP) is 4.88. The Labute approximate surface area is 199 Å². The van der Waals surface area contributed by atoms with E-state index in [4.69, 9.17) is 4.74 Å². The summed E-state index contributed by atoms with van der Waals surface area (Å²) >= 11 is 0. The number of nitrogens with one attached hydrogen (secondary N) is 2. The monoisotopic (exact) mass is 478 g/mol. The zero-order chi connectivity index (χ0) is 24.4. The molecule has 1 atom stereocenters. The number of rotatable bonds is 6. The maximum Gasteiger partial charge on any atom is 0.416 e. The molecular formula is C26H21F3N4O2. The molecule has 0 spiro atoms. The fourth-order valence-corrected chi connectivity index (χ4v) is 3.99. The van der Waals surface area contributed by atoms with Gasteiger partial charge in [-0.3, -0.25) is 4.79 Å². The number of fused-ring (bicyclic) bond motifs is 2. The number of carbonyl (C=O) groups is 1. The second-order valence-electron chi connectivity index (χ2n) is 8.19. The summed E-state index contributed by atoms with van der Waals surface area (Å²) < 4.78 is 44.9. The van der Waals surface area contributed by atoms with Crippen LogP contribution >= 0.6 is 0 Å². The van der Waals surface area contributed by atoms with Gasteiger partial charge in [0.25, 0.3) is 5.91 Å². The smallest absolute Gasteiger partial charge is 0.416 e. The normalized spacial score (nSPS) is 14.9. The lowest BCUT2D eigenvalue weighted by atomic mass is 10.1. The minimum atomic E-state index is -4.41. The van der Waals surface area contributed by atoms with Crippen LogP contribution in [0.5, 0.6) is 5.75 Å². The Morgan fingerprint density at radius 3 is 2.60 bits per heavy atom. The quantitative estimate of drug-likeness (QED) is 0.413. The van der Waals surface area contributed by atoms with Gasteiger partial charge in [-0.15, -0.1) is 0 Å². The Morgan fingerprint density at radius 1 is 0.971 bits per heavy atom. The molecule has 0 saturated carbocycles. The zero-order valence-corrected chi connectivity index (χ0v) is 18.5. The van der Waals surface area contributed by atoms with Crippen molar-refractivity contribution in [3.05, 3.63) is 95.3 Å². The molecule has 35 heavy (non-hydrogen) atoms. The minimum Gasteiger partial charge on any atom is -0.480 e. The van der Waals surface area contributed by atoms with Gasteiger partial charge in [-0.05, 0) is 41.5 Å². The molecule has 6 nitrogen and oxygen atoms in total. The second-order valence-corrected chi connectivity index (χ2v) is 8.19. The Morgan fingerprint density at radius 2 is 1.77 bits per heavy atom. The molecule has 1 aromatic heterocycles. The van der Waals surface area contributed by atoms with Gasteiger partial charge in [0.15, 0.2) is 11.9 Å². The number of hydrogen-bond donors (Lipinski definition) is 2. The van der Waals surface area contributed by atoms with Crippen LogP contribution in [0.1, 0.15) is 22.5 Å². The number of alkyl halides is 3. The average Bonchev–Trinajstić information content (AvgIpc) is 3.30. The van der Waals surface area contributed by atoms with Crippen molar-refractivity contribution in [3.8, 4) is 5.75 Å². The van der Waals surface area contributed by atoms with E-state index in [1.807, 2.05) is 48.5 Å². The van der Waals surface area contributed by atoms with E-state index in [-0.39, 0.29) is 19.0 Å². The van der Waals surface area contributed by atoms with Crippen LogP contribution in [-0.4, -0.2) is 22.0 Å². The first-order chi connectivity index (χ1) is 16.9. The molecule has 0 aliphatic carbocycles. The molecule has 0 saturated heterocycles. The lowest BCUT2D eigenvalue weighted by Crippen LogP contribution is -2.37. The highest BCUT2D eigenvalue weighted by Gasteiger charge is 2.30. The van der Waals surface area contributed by atoms with Crippen LogP contribution in [0.4, 0.5) is 19.0 Å². The number of halogens is 3. The molecule has 2 N–H and O–H groups in total. The average molecular weight is 478 g/mol. The van der Waals surface area contributed by atoms with Crippen LogP contribution in [-0.2, 0) is 30.5 Å². The number of carbonyl (C=O) groups excluding carboxylic acids is 1. The van der Waals surface area contributed by atoms with Gasteiger partial charge in [0.2, 0.25) is 0 Å². The van der Waals surface area contributed by atoms with E-state index in [1.54, 1.807) is 6.07 Å². The molecular weight excluding hydrogens is 457 g/mol. The van der Waals surface area contributed by atoms with Gasteiger partial charge in [0.1, 0.15) is 11.6 Å². The van der Waals surface area contributed by atoms with Crippen LogP contribution in [0.15, 0.2) is 72.8 Å². The van der Waals surface area contributed by atoms with Gasteiger partial charge in [-0.2, -0.15) is 13.2 Å². The molecule has 9 heteroatoms. The van der Waals surface area contributed by atoms with Gasteiger partial charge in [0.05, 0.1) is 17.6 Å². The predicted molar refractivity (Wildman–Crippen MR) is 125 cm³/mol. The SMILES string of the molecule is O=C(NCc1nc(NCc2cccc(C(F)(F)F)c2)c2ccccc2n1)[C@H]1Cc2ccccc2O1. The summed E-state index contributed by atoms with van der Waals surface area (Å²) in [5.74, 6) is 1.29. The van der Waals surface area contributed by atoms with Crippen molar-refractivity contribution in [2.45, 2.75) is 31.8 Å². The molecule has 4 aromatic rings. The number of anilines is 1. The third-order valence-electron chi connectivity index (χ3n) is 5.72. The highest BCUT2D eigenvalue weighted by atomic mass is 19.4. The van der Waals surface area contributed by atoms with E-state index in [2.05, 4.69) is 20.6 Å². The fourth-order valence-electron chi connectivity index (χ4n) is 3.99. The number of para-hydroxylation sites is 2. The van der Waals surface area contributed by atoms with Crippen LogP contribution < -0.4 is 15.4 Å². The largest absolute Gasteiger partial charge is 0.480 e. The molecule has 2 heterocycles. The highest BCUT2D eigenvalue weighted by Crippen LogP contribution is 2.30.